The quantitative estimate of drug-likeness (QED) is 0.544. The Balaban J connectivity index is 2.61. The van der Waals surface area contributed by atoms with Crippen molar-refractivity contribution in [2.24, 2.45) is 4.99 Å². The van der Waals surface area contributed by atoms with Gasteiger partial charge in [-0.3, -0.25) is 9.79 Å². The molecule has 0 spiro atoms. The summed E-state index contributed by atoms with van der Waals surface area (Å²) in [5.41, 5.74) is 1.94. The number of carbonyl (C=O) groups is 1. The lowest BCUT2D eigenvalue weighted by atomic mass is 10.1. The molecule has 2 heteroatoms. The summed E-state index contributed by atoms with van der Waals surface area (Å²) in [7, 11) is 0. The molecule has 0 amide bonds. The molecule has 0 aromatic heterocycles. The van der Waals surface area contributed by atoms with Crippen LogP contribution in [0.25, 0.3) is 0 Å². The predicted molar refractivity (Wildman–Crippen MR) is 63.5 cm³/mol. The fourth-order valence-electron chi connectivity index (χ4n) is 1.21. The van der Waals surface area contributed by atoms with Gasteiger partial charge in [0.1, 0.15) is 0 Å². The molecule has 0 heterocycles. The number of carbonyl (C=O) groups excluding carboxylic acids is 1. The van der Waals surface area contributed by atoms with Crippen LogP contribution < -0.4 is 0 Å². The topological polar surface area (TPSA) is 29.4 Å². The van der Waals surface area contributed by atoms with Crippen LogP contribution in [0.4, 0.5) is 0 Å². The van der Waals surface area contributed by atoms with Crippen LogP contribution in [0.3, 0.4) is 0 Å². The molecular formula is C13H15NO. The first-order chi connectivity index (χ1) is 7.24. The SMILES string of the molecule is CC=N/C=C\Cc1ccc(C(C)=O)cc1. The number of benzene rings is 1. The van der Waals surface area contributed by atoms with Crippen molar-refractivity contribution in [2.75, 3.05) is 0 Å². The molecule has 0 atom stereocenters. The van der Waals surface area contributed by atoms with Crippen LogP contribution >= 0.6 is 0 Å². The van der Waals surface area contributed by atoms with E-state index in [-0.39, 0.29) is 5.78 Å². The van der Waals surface area contributed by atoms with Crippen LogP contribution in [-0.2, 0) is 6.42 Å². The Morgan fingerprint density at radius 2 is 2.00 bits per heavy atom. The summed E-state index contributed by atoms with van der Waals surface area (Å²) in [6, 6.07) is 7.65. The monoisotopic (exact) mass is 201 g/mol. The number of aliphatic imine (C=N–C) groups is 1. The molecule has 0 saturated carbocycles. The van der Waals surface area contributed by atoms with Gasteiger partial charge in [-0.15, -0.1) is 0 Å². The van der Waals surface area contributed by atoms with Crippen molar-refractivity contribution in [1.29, 1.82) is 0 Å². The molecule has 0 aliphatic carbocycles. The molecule has 1 aromatic rings. The van der Waals surface area contributed by atoms with Gasteiger partial charge in [-0.2, -0.15) is 0 Å². The van der Waals surface area contributed by atoms with E-state index in [1.165, 1.54) is 5.56 Å². The van der Waals surface area contributed by atoms with Crippen molar-refractivity contribution in [3.63, 3.8) is 0 Å². The summed E-state index contributed by atoms with van der Waals surface area (Å²) in [6.45, 7) is 3.46. The van der Waals surface area contributed by atoms with E-state index in [0.29, 0.717) is 0 Å². The number of rotatable bonds is 4. The molecule has 2 nitrogen and oxygen atoms in total. The molecule has 0 saturated heterocycles. The Morgan fingerprint density at radius 1 is 1.33 bits per heavy atom. The van der Waals surface area contributed by atoms with E-state index in [1.807, 2.05) is 37.3 Å². The Kier molecular flexibility index (Phi) is 4.48. The first-order valence-corrected chi connectivity index (χ1v) is 4.96. The third-order valence-corrected chi connectivity index (χ3v) is 2.05. The first kappa shape index (κ1) is 11.4. The zero-order chi connectivity index (χ0) is 11.1. The van der Waals surface area contributed by atoms with Crippen LogP contribution in [0.2, 0.25) is 0 Å². The van der Waals surface area contributed by atoms with Crippen LogP contribution in [0.1, 0.15) is 29.8 Å². The average molecular weight is 201 g/mol. The summed E-state index contributed by atoms with van der Waals surface area (Å²) in [6.07, 6.45) is 6.35. The van der Waals surface area contributed by atoms with Crippen LogP contribution in [-0.4, -0.2) is 12.0 Å². The molecule has 78 valence electrons. The summed E-state index contributed by atoms with van der Waals surface area (Å²) >= 11 is 0. The fourth-order valence-corrected chi connectivity index (χ4v) is 1.21. The van der Waals surface area contributed by atoms with E-state index < -0.39 is 0 Å². The molecule has 0 unspecified atom stereocenters. The van der Waals surface area contributed by atoms with E-state index in [2.05, 4.69) is 4.99 Å². The first-order valence-electron chi connectivity index (χ1n) is 4.96. The van der Waals surface area contributed by atoms with Gasteiger partial charge in [0.15, 0.2) is 5.78 Å². The lowest BCUT2D eigenvalue weighted by Crippen LogP contribution is -1.91. The highest BCUT2D eigenvalue weighted by atomic mass is 16.1. The molecule has 0 aliphatic heterocycles. The maximum Gasteiger partial charge on any atom is 0.159 e. The van der Waals surface area contributed by atoms with Gasteiger partial charge >= 0.3 is 0 Å². The molecule has 0 fully saturated rings. The minimum absolute atomic E-state index is 0.104. The van der Waals surface area contributed by atoms with Crippen molar-refractivity contribution in [3.8, 4) is 0 Å². The number of hydrogen-bond acceptors (Lipinski definition) is 2. The summed E-state index contributed by atoms with van der Waals surface area (Å²) < 4.78 is 0. The smallest absolute Gasteiger partial charge is 0.159 e. The molecule has 0 aliphatic rings. The van der Waals surface area contributed by atoms with Crippen molar-refractivity contribution in [2.45, 2.75) is 20.3 Å². The number of hydrogen-bond donors (Lipinski definition) is 0. The van der Waals surface area contributed by atoms with Gasteiger partial charge in [0.2, 0.25) is 0 Å². The Morgan fingerprint density at radius 3 is 2.53 bits per heavy atom. The summed E-state index contributed by atoms with van der Waals surface area (Å²) in [5.74, 6) is 0.104. The van der Waals surface area contributed by atoms with E-state index in [1.54, 1.807) is 19.3 Å². The predicted octanol–water partition coefficient (Wildman–Crippen LogP) is 3.04. The van der Waals surface area contributed by atoms with Crippen molar-refractivity contribution < 1.29 is 4.79 Å². The van der Waals surface area contributed by atoms with Gasteiger partial charge in [0.25, 0.3) is 0 Å². The molecule has 0 bridgehead atoms. The fraction of sp³-hybridized carbons (Fsp3) is 0.231. The normalized spacial score (nSPS) is 11.3. The van der Waals surface area contributed by atoms with Gasteiger partial charge in [-0.25, -0.2) is 0 Å². The van der Waals surface area contributed by atoms with E-state index in [4.69, 9.17) is 0 Å². The maximum absolute atomic E-state index is 11.0. The third-order valence-electron chi connectivity index (χ3n) is 2.05. The van der Waals surface area contributed by atoms with Crippen LogP contribution in [0, 0.1) is 0 Å². The molecular weight excluding hydrogens is 186 g/mol. The van der Waals surface area contributed by atoms with Crippen molar-refractivity contribution in [1.82, 2.24) is 0 Å². The largest absolute Gasteiger partial charge is 0.295 e. The lowest BCUT2D eigenvalue weighted by molar-refractivity contribution is 0.101. The molecule has 1 rings (SSSR count). The van der Waals surface area contributed by atoms with Crippen molar-refractivity contribution in [3.05, 3.63) is 47.7 Å². The minimum atomic E-state index is 0.104. The second kappa shape index (κ2) is 5.91. The second-order valence-corrected chi connectivity index (χ2v) is 3.25. The standard InChI is InChI=1S/C13H15NO/c1-3-14-10-4-5-12-6-8-13(9-7-12)11(2)15/h3-4,6-10H,5H2,1-2H3/b10-4-,14-3?. The van der Waals surface area contributed by atoms with E-state index >= 15 is 0 Å². The maximum atomic E-state index is 11.0. The highest BCUT2D eigenvalue weighted by Gasteiger charge is 1.97. The van der Waals surface area contributed by atoms with E-state index in [9.17, 15) is 4.79 Å². The van der Waals surface area contributed by atoms with Crippen molar-refractivity contribution >= 4 is 12.0 Å². The van der Waals surface area contributed by atoms with Crippen LogP contribution in [0.15, 0.2) is 41.5 Å². The number of allylic oxidation sites excluding steroid dienone is 1. The lowest BCUT2D eigenvalue weighted by Gasteiger charge is -1.98. The minimum Gasteiger partial charge on any atom is -0.295 e. The Bertz CT molecular complexity index is 374. The third kappa shape index (κ3) is 3.90. The summed E-state index contributed by atoms with van der Waals surface area (Å²) in [5, 5.41) is 0. The zero-order valence-corrected chi connectivity index (χ0v) is 9.10. The average Bonchev–Trinajstić information content (AvgIpc) is 2.25. The van der Waals surface area contributed by atoms with Gasteiger partial charge in [0, 0.05) is 18.0 Å². The number of ketones is 1. The molecule has 15 heavy (non-hydrogen) atoms. The second-order valence-electron chi connectivity index (χ2n) is 3.25. The molecule has 0 N–H and O–H groups in total. The Labute approximate surface area is 90.4 Å². The van der Waals surface area contributed by atoms with Gasteiger partial charge in [-0.05, 0) is 25.8 Å². The zero-order valence-electron chi connectivity index (χ0n) is 9.10. The van der Waals surface area contributed by atoms with Crippen LogP contribution in [0.5, 0.6) is 0 Å². The van der Waals surface area contributed by atoms with E-state index in [0.717, 1.165) is 12.0 Å². The van der Waals surface area contributed by atoms with Gasteiger partial charge < -0.3 is 0 Å². The number of nitrogens with zero attached hydrogens (tertiary/aromatic N) is 1. The van der Waals surface area contributed by atoms with Gasteiger partial charge in [-0.1, -0.05) is 30.3 Å². The highest BCUT2D eigenvalue weighted by molar-refractivity contribution is 5.93. The highest BCUT2D eigenvalue weighted by Crippen LogP contribution is 2.06. The molecule has 1 aromatic carbocycles. The molecule has 0 radical (unpaired) electrons. The van der Waals surface area contributed by atoms with Gasteiger partial charge in [0.05, 0.1) is 0 Å². The Hall–Kier alpha value is -1.70. The number of Topliss-reactive ketones (excluding diaryl/α,β-unsaturated/α-hetero) is 1. The summed E-state index contributed by atoms with van der Waals surface area (Å²) in [4.78, 5) is 15.0.